The molecule has 15 nitrogen and oxygen atoms in total. The summed E-state index contributed by atoms with van der Waals surface area (Å²) in [6, 6.07) is -0.981. The van der Waals surface area contributed by atoms with Crippen LogP contribution in [0.2, 0.25) is 0 Å². The number of likely N-dealkylation sites (tertiary alicyclic amines) is 3. The average molecular weight is 1230 g/mol. The molecule has 4 saturated heterocycles. The number of aromatic nitrogens is 2. The first-order valence-corrected chi connectivity index (χ1v) is 21.3. The largest absolute Gasteiger partial charge is 0.425 e. The van der Waals surface area contributed by atoms with Gasteiger partial charge in [0, 0.05) is 445 Å². The molecule has 8 unspecified atom stereocenters. The Morgan fingerprint density at radius 1 is 0.382 bits per heavy atom. The zero-order chi connectivity index (χ0) is 38.7. The van der Waals surface area contributed by atoms with Gasteiger partial charge in [-0.15, -0.1) is 10.2 Å². The number of nitrogens with one attached hydrogen (secondary N) is 1. The minimum absolute atomic E-state index is 0. The number of fused-ring (bicyclic) bond motifs is 4. The van der Waals surface area contributed by atoms with Crippen LogP contribution in [0.3, 0.4) is 0 Å². The third-order valence-corrected chi connectivity index (χ3v) is 15.9. The molecule has 0 radical (unpaired) electrons. The number of hydrogen-bond donors (Lipinski definition) is 1. The summed E-state index contributed by atoms with van der Waals surface area (Å²) in [6.07, 6.45) is 9.76. The molecule has 8 atom stereocenters. The van der Waals surface area contributed by atoms with Crippen LogP contribution in [0.5, 0.6) is 0 Å². The minimum atomic E-state index is -0.641. The van der Waals surface area contributed by atoms with Crippen molar-refractivity contribution < 1.29 is 458 Å². The summed E-state index contributed by atoms with van der Waals surface area (Å²) >= 11 is 0. The molecule has 0 spiro atoms. The Morgan fingerprint density at radius 3 is 0.897 bits per heavy atom. The maximum atomic E-state index is 14.0. The summed E-state index contributed by atoms with van der Waals surface area (Å²) in [5, 5.41) is 11.1. The van der Waals surface area contributed by atoms with Crippen molar-refractivity contribution in [2.24, 2.45) is 53.3 Å². The Hall–Kier alpha value is 9.56. The molecule has 4 aliphatic heterocycles. The zero-order valence-corrected chi connectivity index (χ0v) is 43.5. The number of amides is 8. The molecule has 5 aliphatic carbocycles. The van der Waals surface area contributed by atoms with Crippen molar-refractivity contribution >= 4 is 47.3 Å². The fourth-order valence-electron chi connectivity index (χ4n) is 12.6. The summed E-state index contributed by atoms with van der Waals surface area (Å²) in [4.78, 5) is 112. The second-order valence-electron chi connectivity index (χ2n) is 18.7. The molecule has 5 heterocycles. The first kappa shape index (κ1) is 81.8. The number of carbonyl (C=O) groups excluding carboxylic acids is 8. The normalized spacial score (nSPS) is 35.1. The van der Waals surface area contributed by atoms with Crippen LogP contribution >= 0.6 is 0 Å². The maximum Gasteiger partial charge on any atom is 0.233 e. The number of carbonyl (C=O) groups is 8. The van der Waals surface area contributed by atoms with E-state index in [9.17, 15) is 38.4 Å². The molecule has 26 heteroatoms. The summed E-state index contributed by atoms with van der Waals surface area (Å²) in [5.74, 6) is -4.67. The third kappa shape index (κ3) is 16.3. The van der Waals surface area contributed by atoms with Gasteiger partial charge < -0.3 is 4.42 Å². The van der Waals surface area contributed by atoms with Crippen molar-refractivity contribution in [2.75, 3.05) is 0 Å². The fourth-order valence-corrected chi connectivity index (χ4v) is 12.6. The van der Waals surface area contributed by atoms with Crippen molar-refractivity contribution in [2.45, 2.75) is 147 Å². The van der Waals surface area contributed by atoms with Gasteiger partial charge >= 0.3 is 0 Å². The molecule has 68 heavy (non-hydrogen) atoms. The first-order valence-electron chi connectivity index (χ1n) is 21.3. The number of hydrogen-bond acceptors (Lipinski definition) is 11. The summed E-state index contributed by atoms with van der Waals surface area (Å²) in [5.41, 5.74) is 0. The van der Waals surface area contributed by atoms with Gasteiger partial charge in [-0.1, -0.05) is 14.4 Å². The smallest absolute Gasteiger partial charge is 0.233 e. The molecule has 10 rings (SSSR count). The van der Waals surface area contributed by atoms with Gasteiger partial charge in [-0.2, -0.15) is 0 Å². The van der Waals surface area contributed by atoms with Crippen LogP contribution in [0.1, 0.15) is 141 Å². The predicted octanol–water partition coefficient (Wildman–Crippen LogP) is 3.62. The summed E-state index contributed by atoms with van der Waals surface area (Å²) in [7, 11) is 0. The quantitative estimate of drug-likeness (QED) is 0.423. The molecule has 1 aromatic heterocycles. The van der Waals surface area contributed by atoms with Crippen LogP contribution in [-0.4, -0.2) is 90.3 Å². The SMILES string of the molecule is C.CC1CCC(c2nnc(C3CCC(N4C(=O)C5CC6C(=O)N(C7CCC(N8C(=O)C9CC%10C(=O)NC(=O)C%10CC9C8=O)CC7)C(=O)C6CC5C4=O)CC3)o2)CC1.[Ar].[Ar].[Ar].[Ar].[Ar].[Ar].[Ar].[Ar].[Ar].[Ar].[Ar]. The van der Waals surface area contributed by atoms with Crippen LogP contribution < -0.4 is 5.32 Å². The van der Waals surface area contributed by atoms with Gasteiger partial charge in [0.1, 0.15) is 0 Å². The first-order chi connectivity index (χ1) is 27.0. The van der Waals surface area contributed by atoms with E-state index in [4.69, 9.17) is 4.42 Å². The molecule has 8 amide bonds. The second kappa shape index (κ2) is 35.8. The molecule has 9 aliphatic rings. The van der Waals surface area contributed by atoms with E-state index in [0.29, 0.717) is 50.3 Å². The average Bonchev–Trinajstić information content (AvgIpc) is 3.97. The van der Waals surface area contributed by atoms with E-state index >= 15 is 0 Å². The van der Waals surface area contributed by atoms with Crippen molar-refractivity contribution in [3.05, 3.63) is 11.8 Å². The molecule has 5 saturated carbocycles. The Labute approximate surface area is 729 Å². The van der Waals surface area contributed by atoms with Crippen molar-refractivity contribution in [3.8, 4) is 0 Å². The van der Waals surface area contributed by atoms with Crippen LogP contribution in [0, 0.1) is 468 Å². The van der Waals surface area contributed by atoms with E-state index in [1.54, 1.807) is 0 Å². The second-order valence-corrected chi connectivity index (χ2v) is 18.7. The molecule has 0 bridgehead atoms. The number of nitrogens with zero attached hydrogens (tertiary/aromatic N) is 5. The van der Waals surface area contributed by atoms with Crippen LogP contribution in [0.4, 0.5) is 0 Å². The monoisotopic (exact) mass is 1230 g/mol. The minimum Gasteiger partial charge on any atom is -0.425 e. The Balaban J connectivity index is -0.00000352. The van der Waals surface area contributed by atoms with Gasteiger partial charge in [-0.3, -0.25) is 58.4 Å². The van der Waals surface area contributed by atoms with Gasteiger partial charge in [0.2, 0.25) is 59.0 Å². The van der Waals surface area contributed by atoms with Crippen molar-refractivity contribution in [3.63, 3.8) is 0 Å². The molecule has 1 aromatic rings. The predicted molar refractivity (Wildman–Crippen MR) is 198 cm³/mol. The third-order valence-electron chi connectivity index (χ3n) is 15.9. The van der Waals surface area contributed by atoms with E-state index in [2.05, 4.69) is 22.4 Å². The molecular formula is C42H54Ar11N6O9. The summed E-state index contributed by atoms with van der Waals surface area (Å²) in [6.45, 7) is 2.28. The zero-order valence-electron chi connectivity index (χ0n) is 35.7. The van der Waals surface area contributed by atoms with Crippen molar-refractivity contribution in [1.29, 1.82) is 0 Å². The molecule has 1 N–H and O–H groups in total. The van der Waals surface area contributed by atoms with E-state index in [1.807, 2.05) is 0 Å². The van der Waals surface area contributed by atoms with Gasteiger partial charge in [0.05, 0.1) is 47.3 Å². The molecule has 0 aromatic carbocycles. The molecule has 394 valence electrons. The van der Waals surface area contributed by atoms with Crippen molar-refractivity contribution in [1.82, 2.24) is 30.2 Å². The topological polar surface area (TPSA) is 197 Å². The fraction of sp³-hybridized carbons (Fsp3) is 0.762. The van der Waals surface area contributed by atoms with E-state index in [-0.39, 0.29) is 520 Å². The maximum absolute atomic E-state index is 14.0. The Kier molecular flexibility index (Phi) is 43.0. The van der Waals surface area contributed by atoms with Gasteiger partial charge in [0.25, 0.3) is 0 Å². The van der Waals surface area contributed by atoms with E-state index < -0.39 is 47.3 Å². The van der Waals surface area contributed by atoms with Crippen LogP contribution in [-0.2, 0) is 38.4 Å². The number of rotatable bonds is 5. The van der Waals surface area contributed by atoms with Gasteiger partial charge in [-0.05, 0) is 109 Å². The molecular weight excluding hydrogens is 1170 g/mol. The van der Waals surface area contributed by atoms with E-state index in [0.717, 1.165) is 37.5 Å². The Bertz CT molecular complexity index is 1870. The summed E-state index contributed by atoms with van der Waals surface area (Å²) < 4.78 is 6.18. The van der Waals surface area contributed by atoms with Gasteiger partial charge in [0.15, 0.2) is 0 Å². The van der Waals surface area contributed by atoms with Crippen LogP contribution in [0.15, 0.2) is 4.42 Å². The van der Waals surface area contributed by atoms with Gasteiger partial charge in [-0.25, -0.2) is 0 Å². The molecule has 9 fully saturated rings. The Morgan fingerprint density at radius 2 is 0.618 bits per heavy atom. The van der Waals surface area contributed by atoms with Crippen LogP contribution in [0.25, 0.3) is 0 Å². The van der Waals surface area contributed by atoms with E-state index in [1.165, 1.54) is 27.5 Å². The number of imide groups is 4. The standard InChI is InChI=1S/C41H50N6O9.CH4.11Ar/c1-18-2-4-19(5-3-18)34-43-44-35(56-34)20-6-8-21(9-7-20)45-38(52)28-16-30-31(17-29(28)39(45)53)41(55)47(40(30)54)23-12-10-22(11-13-23)46-36(50)26-14-24-25(15-27(26)37(46)51)33(49)42-32(24)48;;;;;;;;;;;;/h18-31H,2-17H2,1H3,(H,42,48,49);1H4;;;;;;;;;;;.